The SMILES string of the molecule is CCCC[C@@](C)(N=Cc1ccc(OC)cc1)C(=O)O. The number of rotatable bonds is 7. The summed E-state index contributed by atoms with van der Waals surface area (Å²) >= 11 is 0. The van der Waals surface area contributed by atoms with Gasteiger partial charge >= 0.3 is 5.97 Å². The minimum absolute atomic E-state index is 0.547. The first kappa shape index (κ1) is 15.2. The van der Waals surface area contributed by atoms with Gasteiger partial charge < -0.3 is 9.84 Å². The van der Waals surface area contributed by atoms with Crippen LogP contribution in [0.3, 0.4) is 0 Å². The number of nitrogens with zero attached hydrogens (tertiary/aromatic N) is 1. The number of hydrogen-bond donors (Lipinski definition) is 1. The molecule has 0 radical (unpaired) electrons. The first-order valence-electron chi connectivity index (χ1n) is 6.44. The summed E-state index contributed by atoms with van der Waals surface area (Å²) in [5.41, 5.74) is -0.180. The van der Waals surface area contributed by atoms with Gasteiger partial charge in [0, 0.05) is 6.21 Å². The third-order valence-corrected chi connectivity index (χ3v) is 3.09. The summed E-state index contributed by atoms with van der Waals surface area (Å²) in [5, 5.41) is 9.29. The van der Waals surface area contributed by atoms with Crippen molar-refractivity contribution in [2.24, 2.45) is 4.99 Å². The topological polar surface area (TPSA) is 58.9 Å². The molecule has 1 rings (SSSR count). The van der Waals surface area contributed by atoms with Crippen LogP contribution in [-0.4, -0.2) is 29.9 Å². The Labute approximate surface area is 114 Å². The van der Waals surface area contributed by atoms with Gasteiger partial charge in [-0.3, -0.25) is 4.99 Å². The van der Waals surface area contributed by atoms with Gasteiger partial charge in [-0.25, -0.2) is 4.79 Å². The number of aliphatic imine (C=N–C) groups is 1. The number of unbranched alkanes of at least 4 members (excludes halogenated alkanes) is 1. The van der Waals surface area contributed by atoms with Crippen LogP contribution >= 0.6 is 0 Å². The first-order valence-corrected chi connectivity index (χ1v) is 6.44. The van der Waals surface area contributed by atoms with Gasteiger partial charge in [-0.2, -0.15) is 0 Å². The Kier molecular flexibility index (Phi) is 5.55. The van der Waals surface area contributed by atoms with Gasteiger partial charge in [0.2, 0.25) is 0 Å². The lowest BCUT2D eigenvalue weighted by Gasteiger charge is -2.19. The van der Waals surface area contributed by atoms with Gasteiger partial charge in [-0.15, -0.1) is 0 Å². The summed E-state index contributed by atoms with van der Waals surface area (Å²) in [7, 11) is 1.61. The molecule has 0 aliphatic heterocycles. The second kappa shape index (κ2) is 6.92. The lowest BCUT2D eigenvalue weighted by Crippen LogP contribution is -2.33. The molecule has 0 spiro atoms. The van der Waals surface area contributed by atoms with Crippen LogP contribution in [-0.2, 0) is 4.79 Å². The Morgan fingerprint density at radius 1 is 1.42 bits per heavy atom. The molecule has 0 aliphatic rings. The number of carbonyl (C=O) groups is 1. The number of hydrogen-bond acceptors (Lipinski definition) is 3. The smallest absolute Gasteiger partial charge is 0.331 e. The quantitative estimate of drug-likeness (QED) is 0.769. The Balaban J connectivity index is 2.82. The van der Waals surface area contributed by atoms with Crippen molar-refractivity contribution in [3.63, 3.8) is 0 Å². The predicted molar refractivity (Wildman–Crippen MR) is 76.2 cm³/mol. The third-order valence-electron chi connectivity index (χ3n) is 3.09. The average molecular weight is 263 g/mol. The summed E-state index contributed by atoms with van der Waals surface area (Å²) in [6.07, 6.45) is 3.97. The van der Waals surface area contributed by atoms with Crippen molar-refractivity contribution in [2.45, 2.75) is 38.6 Å². The van der Waals surface area contributed by atoms with Crippen molar-refractivity contribution in [3.05, 3.63) is 29.8 Å². The normalized spacial score (nSPS) is 14.3. The molecule has 104 valence electrons. The summed E-state index contributed by atoms with van der Waals surface area (Å²) in [5.74, 6) is -0.116. The minimum atomic E-state index is -1.05. The van der Waals surface area contributed by atoms with E-state index in [4.69, 9.17) is 4.74 Å². The molecule has 0 heterocycles. The molecule has 0 unspecified atom stereocenters. The molecule has 0 saturated heterocycles. The zero-order chi connectivity index (χ0) is 14.3. The van der Waals surface area contributed by atoms with Crippen LogP contribution in [0.2, 0.25) is 0 Å². The number of benzene rings is 1. The van der Waals surface area contributed by atoms with E-state index in [9.17, 15) is 9.90 Å². The van der Waals surface area contributed by atoms with Crippen LogP contribution in [0, 0.1) is 0 Å². The van der Waals surface area contributed by atoms with Crippen molar-refractivity contribution >= 4 is 12.2 Å². The van der Waals surface area contributed by atoms with Gasteiger partial charge in [0.25, 0.3) is 0 Å². The largest absolute Gasteiger partial charge is 0.497 e. The van der Waals surface area contributed by atoms with E-state index in [1.165, 1.54) is 0 Å². The number of methoxy groups -OCH3 is 1. The fourth-order valence-corrected chi connectivity index (χ4v) is 1.65. The molecule has 1 aromatic carbocycles. The Bertz CT molecular complexity index is 439. The Morgan fingerprint density at radius 3 is 2.53 bits per heavy atom. The molecule has 0 bridgehead atoms. The number of ether oxygens (including phenoxy) is 1. The molecule has 1 atom stereocenters. The van der Waals surface area contributed by atoms with Gasteiger partial charge in [0.1, 0.15) is 5.75 Å². The Hall–Kier alpha value is -1.84. The van der Waals surface area contributed by atoms with Gasteiger partial charge in [0.15, 0.2) is 5.54 Å². The van der Waals surface area contributed by atoms with Gasteiger partial charge in [0.05, 0.1) is 7.11 Å². The maximum atomic E-state index is 11.3. The number of aliphatic carboxylic acids is 1. The fourth-order valence-electron chi connectivity index (χ4n) is 1.65. The minimum Gasteiger partial charge on any atom is -0.497 e. The zero-order valence-electron chi connectivity index (χ0n) is 11.7. The standard InChI is InChI=1S/C15H21NO3/c1-4-5-10-15(2,14(17)18)16-11-12-6-8-13(19-3)9-7-12/h6-9,11H,4-5,10H2,1-3H3,(H,17,18)/t15-/m1/s1. The fraction of sp³-hybridized carbons (Fsp3) is 0.467. The molecule has 4 heteroatoms. The maximum Gasteiger partial charge on any atom is 0.331 e. The summed E-state index contributed by atoms with van der Waals surface area (Å²) in [4.78, 5) is 15.6. The van der Waals surface area contributed by atoms with Crippen molar-refractivity contribution < 1.29 is 14.6 Å². The molecule has 19 heavy (non-hydrogen) atoms. The van der Waals surface area contributed by atoms with E-state index in [1.807, 2.05) is 31.2 Å². The predicted octanol–water partition coefficient (Wildman–Crippen LogP) is 3.15. The van der Waals surface area contributed by atoms with Crippen molar-refractivity contribution in [1.29, 1.82) is 0 Å². The molecule has 1 aromatic rings. The zero-order valence-corrected chi connectivity index (χ0v) is 11.7. The van der Waals surface area contributed by atoms with E-state index in [1.54, 1.807) is 20.2 Å². The highest BCUT2D eigenvalue weighted by atomic mass is 16.5. The van der Waals surface area contributed by atoms with Crippen LogP contribution in [0.25, 0.3) is 0 Å². The molecular weight excluding hydrogens is 242 g/mol. The Morgan fingerprint density at radius 2 is 2.05 bits per heavy atom. The highest BCUT2D eigenvalue weighted by molar-refractivity contribution is 5.85. The maximum absolute atomic E-state index is 11.3. The van der Waals surface area contributed by atoms with E-state index in [0.717, 1.165) is 24.2 Å². The van der Waals surface area contributed by atoms with Crippen LogP contribution in [0.1, 0.15) is 38.7 Å². The van der Waals surface area contributed by atoms with Crippen LogP contribution < -0.4 is 4.74 Å². The second-order valence-corrected chi connectivity index (χ2v) is 4.71. The average Bonchev–Trinajstić information content (AvgIpc) is 2.43. The van der Waals surface area contributed by atoms with E-state index in [0.29, 0.717) is 6.42 Å². The summed E-state index contributed by atoms with van der Waals surface area (Å²) in [6.45, 7) is 3.69. The number of carboxylic acid groups (broad SMARTS) is 1. The lowest BCUT2D eigenvalue weighted by molar-refractivity contribution is -0.142. The van der Waals surface area contributed by atoms with Crippen molar-refractivity contribution in [1.82, 2.24) is 0 Å². The number of carboxylic acids is 1. The molecule has 0 fully saturated rings. The summed E-state index contributed by atoms with van der Waals surface area (Å²) in [6, 6.07) is 7.35. The van der Waals surface area contributed by atoms with E-state index in [2.05, 4.69) is 4.99 Å². The van der Waals surface area contributed by atoms with Crippen LogP contribution in [0.4, 0.5) is 0 Å². The molecule has 4 nitrogen and oxygen atoms in total. The van der Waals surface area contributed by atoms with Crippen LogP contribution in [0.15, 0.2) is 29.3 Å². The highest BCUT2D eigenvalue weighted by Crippen LogP contribution is 2.19. The van der Waals surface area contributed by atoms with E-state index in [-0.39, 0.29) is 0 Å². The van der Waals surface area contributed by atoms with E-state index < -0.39 is 11.5 Å². The van der Waals surface area contributed by atoms with Crippen LogP contribution in [0.5, 0.6) is 5.75 Å². The molecule has 0 aliphatic carbocycles. The highest BCUT2D eigenvalue weighted by Gasteiger charge is 2.30. The summed E-state index contributed by atoms with van der Waals surface area (Å²) < 4.78 is 5.07. The van der Waals surface area contributed by atoms with Gasteiger partial charge in [-0.05, 0) is 43.2 Å². The monoisotopic (exact) mass is 263 g/mol. The molecule has 0 amide bonds. The molecule has 1 N–H and O–H groups in total. The first-order chi connectivity index (χ1) is 9.01. The van der Waals surface area contributed by atoms with Crippen molar-refractivity contribution in [3.8, 4) is 5.75 Å². The molecule has 0 saturated carbocycles. The lowest BCUT2D eigenvalue weighted by atomic mass is 9.96. The molecular formula is C15H21NO3. The third kappa shape index (κ3) is 4.39. The second-order valence-electron chi connectivity index (χ2n) is 4.71. The molecule has 0 aromatic heterocycles. The van der Waals surface area contributed by atoms with Crippen molar-refractivity contribution in [2.75, 3.05) is 7.11 Å². The van der Waals surface area contributed by atoms with Gasteiger partial charge in [-0.1, -0.05) is 19.8 Å². The van der Waals surface area contributed by atoms with E-state index >= 15 is 0 Å².